The first-order valence-electron chi connectivity index (χ1n) is 9.32. The fraction of sp³-hybridized carbons (Fsp3) is 0.227. The number of aromatic nitrogens is 1. The third-order valence-electron chi connectivity index (χ3n) is 4.55. The van der Waals surface area contributed by atoms with Gasteiger partial charge in [-0.15, -0.1) is 0 Å². The molecule has 0 saturated carbocycles. The average Bonchev–Trinajstić information content (AvgIpc) is 2.68. The van der Waals surface area contributed by atoms with Crippen LogP contribution in [0.15, 0.2) is 53.5 Å². The van der Waals surface area contributed by atoms with Gasteiger partial charge < -0.3 is 15.6 Å². The van der Waals surface area contributed by atoms with Crippen LogP contribution in [-0.4, -0.2) is 16.8 Å². The number of alkyl halides is 3. The fourth-order valence-electron chi connectivity index (χ4n) is 2.81. The molecule has 0 atom stereocenters. The van der Waals surface area contributed by atoms with Gasteiger partial charge in [0.05, 0.1) is 11.3 Å². The van der Waals surface area contributed by atoms with Crippen molar-refractivity contribution in [3.05, 3.63) is 70.0 Å². The number of fused-ring (bicyclic) bond motifs is 1. The van der Waals surface area contributed by atoms with Crippen LogP contribution in [0.2, 0.25) is 0 Å². The van der Waals surface area contributed by atoms with E-state index in [0.717, 1.165) is 18.3 Å². The highest BCUT2D eigenvalue weighted by Gasteiger charge is 2.35. The molecule has 0 aliphatic heterocycles. The SMILES string of the molecule is CC(C)(C)C(=O)Nc1ccc(NC(=O)c2c[nH]c3ccccc3c2=O)c(C(F)(F)F)c1. The van der Waals surface area contributed by atoms with E-state index in [1.165, 1.54) is 12.1 Å². The van der Waals surface area contributed by atoms with Crippen molar-refractivity contribution in [3.8, 4) is 0 Å². The standard InChI is InChI=1S/C22H20F3N3O3/c1-21(2,3)20(31)27-12-8-9-17(15(10-12)22(23,24)25)28-19(30)14-11-26-16-7-5-4-6-13(16)18(14)29/h4-11H,1-3H3,(H,26,29)(H,27,31)(H,28,30). The van der Waals surface area contributed by atoms with E-state index in [9.17, 15) is 27.6 Å². The number of aromatic amines is 1. The molecule has 2 aromatic carbocycles. The number of hydrogen-bond donors (Lipinski definition) is 3. The molecule has 3 rings (SSSR count). The molecule has 0 fully saturated rings. The van der Waals surface area contributed by atoms with E-state index in [-0.39, 0.29) is 16.6 Å². The van der Waals surface area contributed by atoms with Crippen molar-refractivity contribution < 1.29 is 22.8 Å². The summed E-state index contributed by atoms with van der Waals surface area (Å²) in [6.45, 7) is 4.88. The number of pyridine rings is 1. The van der Waals surface area contributed by atoms with Crippen LogP contribution in [0.1, 0.15) is 36.7 Å². The molecule has 0 saturated heterocycles. The number of anilines is 2. The van der Waals surface area contributed by atoms with E-state index in [1.807, 2.05) is 0 Å². The molecule has 0 spiro atoms. The number of carbonyl (C=O) groups excluding carboxylic acids is 2. The molecule has 162 valence electrons. The van der Waals surface area contributed by atoms with Gasteiger partial charge in [-0.25, -0.2) is 0 Å². The van der Waals surface area contributed by atoms with E-state index in [1.54, 1.807) is 39.0 Å². The zero-order chi connectivity index (χ0) is 23.0. The fourth-order valence-corrected chi connectivity index (χ4v) is 2.81. The maximum Gasteiger partial charge on any atom is 0.418 e. The number of halogens is 3. The first-order chi connectivity index (χ1) is 14.4. The van der Waals surface area contributed by atoms with E-state index < -0.39 is 40.1 Å². The van der Waals surface area contributed by atoms with Gasteiger partial charge in [-0.1, -0.05) is 32.9 Å². The topological polar surface area (TPSA) is 91.1 Å². The molecule has 2 amide bonds. The summed E-state index contributed by atoms with van der Waals surface area (Å²) in [4.78, 5) is 40.0. The van der Waals surface area contributed by atoms with Crippen LogP contribution < -0.4 is 16.1 Å². The summed E-state index contributed by atoms with van der Waals surface area (Å²) < 4.78 is 40.8. The Morgan fingerprint density at radius 3 is 2.29 bits per heavy atom. The monoisotopic (exact) mass is 431 g/mol. The average molecular weight is 431 g/mol. The van der Waals surface area contributed by atoms with Gasteiger partial charge in [-0.2, -0.15) is 13.2 Å². The van der Waals surface area contributed by atoms with Crippen molar-refractivity contribution in [2.45, 2.75) is 26.9 Å². The van der Waals surface area contributed by atoms with Gasteiger partial charge in [-0.3, -0.25) is 14.4 Å². The van der Waals surface area contributed by atoms with Crippen molar-refractivity contribution in [1.29, 1.82) is 0 Å². The molecule has 0 aliphatic rings. The lowest BCUT2D eigenvalue weighted by atomic mass is 9.95. The molecule has 0 bridgehead atoms. The minimum absolute atomic E-state index is 0.0613. The summed E-state index contributed by atoms with van der Waals surface area (Å²) in [5.74, 6) is -1.44. The Labute approximate surface area is 175 Å². The number of nitrogens with one attached hydrogen (secondary N) is 3. The van der Waals surface area contributed by atoms with E-state index in [0.29, 0.717) is 5.52 Å². The second-order valence-corrected chi connectivity index (χ2v) is 7.99. The van der Waals surface area contributed by atoms with E-state index in [2.05, 4.69) is 15.6 Å². The Morgan fingerprint density at radius 2 is 1.65 bits per heavy atom. The highest BCUT2D eigenvalue weighted by Crippen LogP contribution is 2.37. The third-order valence-corrected chi connectivity index (χ3v) is 4.55. The number of para-hydroxylation sites is 1. The number of rotatable bonds is 3. The number of carbonyl (C=O) groups is 2. The molecule has 3 N–H and O–H groups in total. The van der Waals surface area contributed by atoms with Gasteiger partial charge in [0.25, 0.3) is 5.91 Å². The molecule has 9 heteroatoms. The van der Waals surface area contributed by atoms with Gasteiger partial charge in [0, 0.05) is 28.2 Å². The molecule has 1 aromatic heterocycles. The Morgan fingerprint density at radius 1 is 0.968 bits per heavy atom. The zero-order valence-electron chi connectivity index (χ0n) is 17.0. The van der Waals surface area contributed by atoms with Gasteiger partial charge in [0.2, 0.25) is 11.3 Å². The first-order valence-corrected chi connectivity index (χ1v) is 9.32. The molecule has 6 nitrogen and oxygen atoms in total. The van der Waals surface area contributed by atoms with Crippen molar-refractivity contribution in [1.82, 2.24) is 4.98 Å². The maximum absolute atomic E-state index is 13.6. The summed E-state index contributed by atoms with van der Waals surface area (Å²) in [5.41, 5.74) is -2.97. The molecule has 31 heavy (non-hydrogen) atoms. The van der Waals surface area contributed by atoms with Crippen LogP contribution in [0.25, 0.3) is 10.9 Å². The molecule has 1 heterocycles. The highest BCUT2D eigenvalue weighted by molar-refractivity contribution is 6.06. The van der Waals surface area contributed by atoms with Crippen molar-refractivity contribution in [3.63, 3.8) is 0 Å². The summed E-state index contributed by atoms with van der Waals surface area (Å²) in [6, 6.07) is 9.50. The first kappa shape index (κ1) is 22.1. The molecule has 0 unspecified atom stereocenters. The summed E-state index contributed by atoms with van der Waals surface area (Å²) in [6.07, 6.45) is -3.65. The van der Waals surface area contributed by atoms with Crippen LogP contribution in [0, 0.1) is 5.41 Å². The minimum Gasteiger partial charge on any atom is -0.360 e. The summed E-state index contributed by atoms with van der Waals surface area (Å²) in [7, 11) is 0. The molecule has 0 radical (unpaired) electrons. The molecular formula is C22H20F3N3O3. The number of hydrogen-bond acceptors (Lipinski definition) is 3. The maximum atomic E-state index is 13.6. The Hall–Kier alpha value is -3.62. The van der Waals surface area contributed by atoms with Crippen LogP contribution in [0.4, 0.5) is 24.5 Å². The van der Waals surface area contributed by atoms with Crippen molar-refractivity contribution in [2.75, 3.05) is 10.6 Å². The van der Waals surface area contributed by atoms with Crippen LogP contribution in [-0.2, 0) is 11.0 Å². The summed E-state index contributed by atoms with van der Waals surface area (Å²) >= 11 is 0. The number of H-pyrrole nitrogens is 1. The third kappa shape index (κ3) is 4.76. The van der Waals surface area contributed by atoms with Gasteiger partial charge in [-0.05, 0) is 30.3 Å². The van der Waals surface area contributed by atoms with Gasteiger partial charge in [0.1, 0.15) is 5.56 Å². The van der Waals surface area contributed by atoms with Crippen LogP contribution in [0.3, 0.4) is 0 Å². The number of benzene rings is 2. The Balaban J connectivity index is 1.95. The van der Waals surface area contributed by atoms with Crippen molar-refractivity contribution in [2.24, 2.45) is 5.41 Å². The van der Waals surface area contributed by atoms with E-state index >= 15 is 0 Å². The van der Waals surface area contributed by atoms with Crippen LogP contribution in [0.5, 0.6) is 0 Å². The van der Waals surface area contributed by atoms with Crippen molar-refractivity contribution >= 4 is 34.1 Å². The molecule has 3 aromatic rings. The Bertz CT molecular complexity index is 1220. The lowest BCUT2D eigenvalue weighted by molar-refractivity contribution is -0.137. The predicted octanol–water partition coefficient (Wildman–Crippen LogP) is 4.78. The summed E-state index contributed by atoms with van der Waals surface area (Å²) in [5, 5.41) is 4.83. The van der Waals surface area contributed by atoms with E-state index in [4.69, 9.17) is 0 Å². The smallest absolute Gasteiger partial charge is 0.360 e. The lowest BCUT2D eigenvalue weighted by Gasteiger charge is -2.19. The van der Waals surface area contributed by atoms with Crippen LogP contribution >= 0.6 is 0 Å². The normalized spacial score (nSPS) is 11.9. The Kier molecular flexibility index (Phi) is 5.62. The largest absolute Gasteiger partial charge is 0.418 e. The number of amides is 2. The zero-order valence-corrected chi connectivity index (χ0v) is 17.0. The minimum atomic E-state index is -4.80. The van der Waals surface area contributed by atoms with Gasteiger partial charge in [0.15, 0.2) is 0 Å². The second kappa shape index (κ2) is 7.90. The second-order valence-electron chi connectivity index (χ2n) is 7.99. The molecular weight excluding hydrogens is 411 g/mol. The quantitative estimate of drug-likeness (QED) is 0.557. The predicted molar refractivity (Wildman–Crippen MR) is 112 cm³/mol. The lowest BCUT2D eigenvalue weighted by Crippen LogP contribution is -2.28. The molecule has 0 aliphatic carbocycles. The highest BCUT2D eigenvalue weighted by atomic mass is 19.4. The van der Waals surface area contributed by atoms with Gasteiger partial charge >= 0.3 is 6.18 Å².